The first-order valence-corrected chi connectivity index (χ1v) is 11.1. The zero-order valence-corrected chi connectivity index (χ0v) is 19.1. The molecule has 0 bridgehead atoms. The first-order valence-electron chi connectivity index (χ1n) is 11.1. The van der Waals surface area contributed by atoms with E-state index in [4.69, 9.17) is 15.9 Å². The number of nitrogen functional groups attached to an aromatic ring is 1. The summed E-state index contributed by atoms with van der Waals surface area (Å²) in [6.45, 7) is 1.51. The van der Waals surface area contributed by atoms with Gasteiger partial charge in [-0.2, -0.15) is 13.2 Å². The first-order chi connectivity index (χ1) is 17.0. The number of amidine groups is 1. The normalized spacial score (nSPS) is 14.1. The first kappa shape index (κ1) is 26.5. The van der Waals surface area contributed by atoms with Crippen molar-refractivity contribution in [2.45, 2.75) is 31.5 Å². The van der Waals surface area contributed by atoms with Crippen LogP contribution in [0.25, 0.3) is 0 Å². The Morgan fingerprint density at radius 1 is 1.06 bits per heavy atom. The van der Waals surface area contributed by atoms with Crippen LogP contribution in [-0.4, -0.2) is 55.6 Å². The second kappa shape index (κ2) is 11.6. The third-order valence-corrected chi connectivity index (χ3v) is 5.38. The summed E-state index contributed by atoms with van der Waals surface area (Å²) >= 11 is 0. The monoisotopic (exact) mass is 506 g/mol. The minimum atomic E-state index is -5.34. The lowest BCUT2D eigenvalue weighted by Crippen LogP contribution is -2.41. The van der Waals surface area contributed by atoms with Crippen LogP contribution in [0.2, 0.25) is 0 Å². The molecule has 0 radical (unpaired) electrons. The van der Waals surface area contributed by atoms with Gasteiger partial charge in [0.1, 0.15) is 18.2 Å². The number of carbonyl (C=O) groups excluding carboxylic acids is 3. The quantitative estimate of drug-likeness (QED) is 0.206. The maximum absolute atomic E-state index is 12.8. The number of nitrogens with one attached hydrogen (secondary N) is 2. The molecule has 9 nitrogen and oxygen atoms in total. The molecule has 1 fully saturated rings. The molecule has 0 unspecified atom stereocenters. The van der Waals surface area contributed by atoms with Crippen molar-refractivity contribution in [2.75, 3.05) is 24.6 Å². The molecule has 1 aliphatic heterocycles. The molecule has 4 N–H and O–H groups in total. The maximum atomic E-state index is 12.8. The predicted octanol–water partition coefficient (Wildman–Crippen LogP) is 2.77. The molecule has 3 rings (SSSR count). The number of alkyl halides is 3. The van der Waals surface area contributed by atoms with Crippen molar-refractivity contribution in [3.8, 4) is 5.75 Å². The van der Waals surface area contributed by atoms with Crippen molar-refractivity contribution in [2.24, 2.45) is 5.73 Å². The van der Waals surface area contributed by atoms with E-state index in [-0.39, 0.29) is 23.8 Å². The highest BCUT2D eigenvalue weighted by atomic mass is 19.4. The van der Waals surface area contributed by atoms with Gasteiger partial charge in [-0.15, -0.1) is 0 Å². The van der Waals surface area contributed by atoms with Crippen LogP contribution in [0.3, 0.4) is 0 Å². The topological polar surface area (TPSA) is 135 Å². The fourth-order valence-electron chi connectivity index (χ4n) is 3.57. The number of carbonyl (C=O) groups is 3. The predicted molar refractivity (Wildman–Crippen MR) is 124 cm³/mol. The number of benzene rings is 2. The molecule has 1 saturated heterocycles. The molecule has 0 aromatic heterocycles. The summed E-state index contributed by atoms with van der Waals surface area (Å²) in [6.07, 6.45) is -3.92. The lowest BCUT2D eigenvalue weighted by Gasteiger charge is -2.20. The van der Waals surface area contributed by atoms with Gasteiger partial charge in [0.15, 0.2) is 0 Å². The van der Waals surface area contributed by atoms with E-state index in [0.29, 0.717) is 5.56 Å². The average Bonchev–Trinajstić information content (AvgIpc) is 3.37. The Morgan fingerprint density at radius 3 is 2.33 bits per heavy atom. The van der Waals surface area contributed by atoms with Gasteiger partial charge < -0.3 is 25.4 Å². The Balaban J connectivity index is 1.69. The third kappa shape index (κ3) is 7.45. The number of hydrogen-bond acceptors (Lipinski definition) is 7. The van der Waals surface area contributed by atoms with E-state index in [1.807, 2.05) is 0 Å². The SMILES string of the molecule is N=C(N)c1cccc(OC[C@@H](CC(=O)OC(=O)C(F)(F)F)NC(=O)c2ccc(N3CCCC3)cc2)c1. The van der Waals surface area contributed by atoms with Crippen LogP contribution in [0.4, 0.5) is 18.9 Å². The molecule has 2 aromatic rings. The number of nitrogens with two attached hydrogens (primary N) is 1. The fraction of sp³-hybridized carbons (Fsp3) is 0.333. The number of hydrogen-bond donors (Lipinski definition) is 3. The lowest BCUT2D eigenvalue weighted by atomic mass is 10.1. The van der Waals surface area contributed by atoms with E-state index < -0.39 is 36.5 Å². The molecule has 1 heterocycles. The van der Waals surface area contributed by atoms with Crippen LogP contribution in [0.1, 0.15) is 35.2 Å². The summed E-state index contributed by atoms with van der Waals surface area (Å²) in [5.41, 5.74) is 7.04. The Bertz CT molecular complexity index is 1120. The smallest absolute Gasteiger partial charge is 0.491 e. The largest absolute Gasteiger partial charge is 0.491 e. The molecule has 0 saturated carbocycles. The van der Waals surface area contributed by atoms with Gasteiger partial charge in [0.2, 0.25) is 0 Å². The van der Waals surface area contributed by atoms with Gasteiger partial charge >= 0.3 is 18.1 Å². The molecular weight excluding hydrogens is 481 g/mol. The second-order valence-corrected chi connectivity index (χ2v) is 8.13. The Morgan fingerprint density at radius 2 is 1.72 bits per heavy atom. The van der Waals surface area contributed by atoms with E-state index in [2.05, 4.69) is 15.0 Å². The number of halogens is 3. The van der Waals surface area contributed by atoms with E-state index >= 15 is 0 Å². The molecule has 36 heavy (non-hydrogen) atoms. The van der Waals surface area contributed by atoms with Crippen molar-refractivity contribution in [3.05, 3.63) is 59.7 Å². The van der Waals surface area contributed by atoms with Gasteiger partial charge in [-0.1, -0.05) is 12.1 Å². The number of ether oxygens (including phenoxy) is 2. The summed E-state index contributed by atoms with van der Waals surface area (Å²) < 4.78 is 46.7. The summed E-state index contributed by atoms with van der Waals surface area (Å²) in [7, 11) is 0. The summed E-state index contributed by atoms with van der Waals surface area (Å²) in [5.74, 6) is -4.68. The molecule has 2 aromatic carbocycles. The van der Waals surface area contributed by atoms with Gasteiger partial charge in [-0.3, -0.25) is 15.0 Å². The average molecular weight is 506 g/mol. The molecule has 0 spiro atoms. The zero-order valence-electron chi connectivity index (χ0n) is 19.1. The number of esters is 2. The van der Waals surface area contributed by atoms with E-state index in [0.717, 1.165) is 31.6 Å². The number of nitrogens with zero attached hydrogens (tertiary/aromatic N) is 1. The van der Waals surface area contributed by atoms with Crippen LogP contribution < -0.4 is 20.7 Å². The zero-order chi connectivity index (χ0) is 26.3. The van der Waals surface area contributed by atoms with Crippen LogP contribution in [0, 0.1) is 5.41 Å². The van der Waals surface area contributed by atoms with Crippen molar-refractivity contribution in [3.63, 3.8) is 0 Å². The highest BCUT2D eigenvalue weighted by Gasteiger charge is 2.42. The van der Waals surface area contributed by atoms with E-state index in [1.54, 1.807) is 36.4 Å². The summed E-state index contributed by atoms with van der Waals surface area (Å²) in [5, 5.41) is 10.0. The summed E-state index contributed by atoms with van der Waals surface area (Å²) in [6, 6.07) is 11.8. The number of anilines is 1. The highest BCUT2D eigenvalue weighted by molar-refractivity contribution is 5.96. The fourth-order valence-corrected chi connectivity index (χ4v) is 3.57. The molecule has 12 heteroatoms. The van der Waals surface area contributed by atoms with Crippen LogP contribution in [0.5, 0.6) is 5.75 Å². The second-order valence-electron chi connectivity index (χ2n) is 8.13. The number of amides is 1. The number of rotatable bonds is 9. The minimum absolute atomic E-state index is 0.211. The van der Waals surface area contributed by atoms with Crippen molar-refractivity contribution >= 4 is 29.4 Å². The van der Waals surface area contributed by atoms with Crippen LogP contribution >= 0.6 is 0 Å². The van der Waals surface area contributed by atoms with Crippen molar-refractivity contribution in [1.82, 2.24) is 5.32 Å². The van der Waals surface area contributed by atoms with E-state index in [1.165, 1.54) is 12.1 Å². The third-order valence-electron chi connectivity index (χ3n) is 5.38. The molecule has 0 aliphatic carbocycles. The molecule has 192 valence electrons. The van der Waals surface area contributed by atoms with Gasteiger partial charge in [0.05, 0.1) is 12.5 Å². The van der Waals surface area contributed by atoms with Crippen LogP contribution in [-0.2, 0) is 14.3 Å². The standard InChI is InChI=1S/C24H25F3N4O5/c25-24(26,27)23(34)36-20(32)13-17(14-35-19-5-3-4-16(12-19)21(28)29)30-22(33)15-6-8-18(9-7-15)31-10-1-2-11-31/h3-9,12,17H,1-2,10-11,13-14H2,(H3,28,29)(H,30,33)/t17-/m1/s1. The molecule has 1 atom stereocenters. The lowest BCUT2D eigenvalue weighted by molar-refractivity contribution is -0.202. The molecular formula is C24H25F3N4O5. The Kier molecular flexibility index (Phi) is 8.51. The van der Waals surface area contributed by atoms with Gasteiger partial charge in [0, 0.05) is 29.9 Å². The molecule has 1 aliphatic rings. The van der Waals surface area contributed by atoms with Crippen molar-refractivity contribution < 1.29 is 37.0 Å². The molecule has 1 amide bonds. The van der Waals surface area contributed by atoms with Gasteiger partial charge in [-0.25, -0.2) is 4.79 Å². The van der Waals surface area contributed by atoms with Crippen molar-refractivity contribution in [1.29, 1.82) is 5.41 Å². The van der Waals surface area contributed by atoms with E-state index in [9.17, 15) is 27.6 Å². The maximum Gasteiger partial charge on any atom is 0.491 e. The summed E-state index contributed by atoms with van der Waals surface area (Å²) in [4.78, 5) is 37.9. The Labute approximate surface area is 204 Å². The van der Waals surface area contributed by atoms with Crippen LogP contribution in [0.15, 0.2) is 48.5 Å². The minimum Gasteiger partial charge on any atom is -0.491 e. The van der Waals surface area contributed by atoms with Gasteiger partial charge in [-0.05, 0) is 49.2 Å². The van der Waals surface area contributed by atoms with Gasteiger partial charge in [0.25, 0.3) is 5.91 Å². The highest BCUT2D eigenvalue weighted by Crippen LogP contribution is 2.21. The Hall–Kier alpha value is -4.09.